The molecule has 0 aliphatic carbocycles. The van der Waals surface area contributed by atoms with E-state index in [1.807, 2.05) is 0 Å². The monoisotopic (exact) mass is 380 g/mol. The van der Waals surface area contributed by atoms with Crippen LogP contribution in [0.4, 0.5) is 11.4 Å². The molecule has 3 rings (SSSR count). The number of hydrogen-bond donors (Lipinski definition) is 1. The summed E-state index contributed by atoms with van der Waals surface area (Å²) in [5, 5.41) is 0.398. The molecule has 0 atom stereocenters. The molecule has 1 heterocycles. The minimum atomic E-state index is -3.65. The fourth-order valence-corrected chi connectivity index (χ4v) is 4.15. The second-order valence-electron chi connectivity index (χ2n) is 5.65. The highest BCUT2D eigenvalue weighted by atomic mass is 35.5. The lowest BCUT2D eigenvalue weighted by molar-refractivity contribution is -0.116. The minimum Gasteiger partial charge on any atom is -0.490 e. The molecule has 1 N–H and O–H groups in total. The van der Waals surface area contributed by atoms with E-state index in [1.54, 1.807) is 47.4 Å². The van der Waals surface area contributed by atoms with Gasteiger partial charge in [0.2, 0.25) is 15.9 Å². The number of nitrogens with zero attached hydrogens (tertiary/aromatic N) is 1. The molecule has 0 aromatic heterocycles. The normalized spacial score (nSPS) is 13.8. The lowest BCUT2D eigenvalue weighted by Gasteiger charge is -2.29. The van der Waals surface area contributed by atoms with E-state index in [0.29, 0.717) is 40.9 Å². The van der Waals surface area contributed by atoms with Crippen LogP contribution in [-0.2, 0) is 20.6 Å². The summed E-state index contributed by atoms with van der Waals surface area (Å²) in [5.41, 5.74) is 1.43. The maximum Gasteiger partial charge on any atom is 0.236 e. The van der Waals surface area contributed by atoms with E-state index in [9.17, 15) is 13.2 Å². The summed E-state index contributed by atoms with van der Waals surface area (Å²) in [4.78, 5) is 13.3. The molecule has 0 saturated heterocycles. The summed E-state index contributed by atoms with van der Waals surface area (Å²) >= 11 is 6.03. The summed E-state index contributed by atoms with van der Waals surface area (Å²) < 4.78 is 32.9. The number of anilines is 2. The zero-order chi connectivity index (χ0) is 18.0. The number of sulfonamides is 1. The highest BCUT2D eigenvalue weighted by Gasteiger charge is 2.22. The summed E-state index contributed by atoms with van der Waals surface area (Å²) in [5.74, 6) is 0.188. The quantitative estimate of drug-likeness (QED) is 0.884. The fraction of sp³-hybridized carbons (Fsp3) is 0.235. The van der Waals surface area contributed by atoms with E-state index in [0.717, 1.165) is 0 Å². The second kappa shape index (κ2) is 6.93. The van der Waals surface area contributed by atoms with Crippen molar-refractivity contribution < 1.29 is 17.9 Å². The Morgan fingerprint density at radius 2 is 2.04 bits per heavy atom. The molecule has 1 aliphatic rings. The number of benzene rings is 2. The SMILES string of the molecule is CC(=O)N1CCOc2ccc(NS(=O)(=O)Cc3ccccc3Cl)cc21. The Hall–Kier alpha value is -2.25. The van der Waals surface area contributed by atoms with Crippen LogP contribution in [0.2, 0.25) is 5.02 Å². The summed E-state index contributed by atoms with van der Waals surface area (Å²) in [6.45, 7) is 2.30. The van der Waals surface area contributed by atoms with Gasteiger partial charge in [-0.1, -0.05) is 29.8 Å². The molecule has 2 aromatic rings. The molecule has 0 radical (unpaired) electrons. The van der Waals surface area contributed by atoms with Crippen LogP contribution >= 0.6 is 11.6 Å². The molecule has 25 heavy (non-hydrogen) atoms. The van der Waals surface area contributed by atoms with Crippen LogP contribution in [-0.4, -0.2) is 27.5 Å². The van der Waals surface area contributed by atoms with Gasteiger partial charge in [0.15, 0.2) is 0 Å². The maximum atomic E-state index is 12.4. The molecule has 0 fully saturated rings. The lowest BCUT2D eigenvalue weighted by Crippen LogP contribution is -2.36. The highest BCUT2D eigenvalue weighted by Crippen LogP contribution is 2.34. The Labute approximate surface area is 151 Å². The van der Waals surface area contributed by atoms with Crippen molar-refractivity contribution >= 4 is 38.9 Å². The van der Waals surface area contributed by atoms with Gasteiger partial charge in [0.05, 0.1) is 23.7 Å². The minimum absolute atomic E-state index is 0.124. The third-order valence-corrected chi connectivity index (χ3v) is 5.39. The van der Waals surface area contributed by atoms with Crippen molar-refractivity contribution in [3.63, 3.8) is 0 Å². The van der Waals surface area contributed by atoms with Gasteiger partial charge in [-0.05, 0) is 29.8 Å². The molecule has 0 bridgehead atoms. The van der Waals surface area contributed by atoms with Crippen molar-refractivity contribution in [2.45, 2.75) is 12.7 Å². The molecule has 1 aliphatic heterocycles. The number of nitrogens with one attached hydrogen (secondary N) is 1. The van der Waals surface area contributed by atoms with Gasteiger partial charge in [0.1, 0.15) is 12.4 Å². The van der Waals surface area contributed by atoms with Crippen molar-refractivity contribution in [3.8, 4) is 5.75 Å². The number of rotatable bonds is 4. The second-order valence-corrected chi connectivity index (χ2v) is 7.78. The first kappa shape index (κ1) is 17.6. The topological polar surface area (TPSA) is 75.7 Å². The van der Waals surface area contributed by atoms with Gasteiger partial charge in [-0.15, -0.1) is 0 Å². The Kier molecular flexibility index (Phi) is 4.87. The van der Waals surface area contributed by atoms with Gasteiger partial charge in [-0.25, -0.2) is 8.42 Å². The van der Waals surface area contributed by atoms with Crippen molar-refractivity contribution in [3.05, 3.63) is 53.1 Å². The van der Waals surface area contributed by atoms with Crippen LogP contribution in [0.1, 0.15) is 12.5 Å². The Morgan fingerprint density at radius 3 is 2.76 bits per heavy atom. The Balaban J connectivity index is 1.84. The number of carbonyl (C=O) groups excluding carboxylic acids is 1. The Morgan fingerprint density at radius 1 is 1.28 bits per heavy atom. The van der Waals surface area contributed by atoms with Crippen molar-refractivity contribution in [1.82, 2.24) is 0 Å². The summed E-state index contributed by atoms with van der Waals surface area (Å²) in [6, 6.07) is 11.6. The zero-order valence-electron chi connectivity index (χ0n) is 13.5. The highest BCUT2D eigenvalue weighted by molar-refractivity contribution is 7.91. The molecular weight excluding hydrogens is 364 g/mol. The van der Waals surface area contributed by atoms with Crippen LogP contribution in [0.25, 0.3) is 0 Å². The van der Waals surface area contributed by atoms with E-state index in [-0.39, 0.29) is 11.7 Å². The lowest BCUT2D eigenvalue weighted by atomic mass is 10.2. The van der Waals surface area contributed by atoms with Gasteiger partial charge >= 0.3 is 0 Å². The molecule has 8 heteroatoms. The number of hydrogen-bond acceptors (Lipinski definition) is 4. The average Bonchev–Trinajstić information content (AvgIpc) is 2.55. The molecule has 132 valence electrons. The van der Waals surface area contributed by atoms with E-state index < -0.39 is 10.0 Å². The van der Waals surface area contributed by atoms with Crippen LogP contribution in [0, 0.1) is 0 Å². The first-order chi connectivity index (χ1) is 11.9. The first-order valence-electron chi connectivity index (χ1n) is 7.64. The molecule has 0 unspecified atom stereocenters. The molecule has 2 aromatic carbocycles. The van der Waals surface area contributed by atoms with Crippen molar-refractivity contribution in [2.24, 2.45) is 0 Å². The summed E-state index contributed by atoms with van der Waals surface area (Å²) in [6.07, 6.45) is 0. The fourth-order valence-electron chi connectivity index (χ4n) is 2.64. The predicted molar refractivity (Wildman–Crippen MR) is 97.7 cm³/mol. The van der Waals surface area contributed by atoms with Crippen molar-refractivity contribution in [1.29, 1.82) is 0 Å². The molecular formula is C17H17ClN2O4S. The maximum absolute atomic E-state index is 12.4. The molecule has 0 spiro atoms. The summed E-state index contributed by atoms with van der Waals surface area (Å²) in [7, 11) is -3.65. The van der Waals surface area contributed by atoms with E-state index in [1.165, 1.54) is 6.92 Å². The van der Waals surface area contributed by atoms with Crippen LogP contribution < -0.4 is 14.4 Å². The number of carbonyl (C=O) groups is 1. The van der Waals surface area contributed by atoms with E-state index >= 15 is 0 Å². The van der Waals surface area contributed by atoms with Gasteiger partial charge in [0, 0.05) is 11.9 Å². The predicted octanol–water partition coefficient (Wildman–Crippen LogP) is 3.03. The number of fused-ring (bicyclic) bond motifs is 1. The van der Waals surface area contributed by atoms with Gasteiger partial charge < -0.3 is 9.64 Å². The van der Waals surface area contributed by atoms with E-state index in [4.69, 9.17) is 16.3 Å². The van der Waals surface area contributed by atoms with E-state index in [2.05, 4.69) is 4.72 Å². The van der Waals surface area contributed by atoms with Gasteiger partial charge in [-0.3, -0.25) is 9.52 Å². The van der Waals surface area contributed by atoms with Crippen LogP contribution in [0.15, 0.2) is 42.5 Å². The molecule has 6 nitrogen and oxygen atoms in total. The van der Waals surface area contributed by atoms with Gasteiger partial charge in [0.25, 0.3) is 0 Å². The third kappa shape index (κ3) is 4.05. The number of halogens is 1. The average molecular weight is 381 g/mol. The third-order valence-electron chi connectivity index (χ3n) is 3.78. The number of ether oxygens (including phenoxy) is 1. The smallest absolute Gasteiger partial charge is 0.236 e. The van der Waals surface area contributed by atoms with Crippen molar-refractivity contribution in [2.75, 3.05) is 22.8 Å². The molecule has 0 saturated carbocycles. The Bertz CT molecular complexity index is 915. The van der Waals surface area contributed by atoms with Crippen LogP contribution in [0.5, 0.6) is 5.75 Å². The molecule has 1 amide bonds. The zero-order valence-corrected chi connectivity index (χ0v) is 15.1. The number of amides is 1. The largest absolute Gasteiger partial charge is 0.490 e. The van der Waals surface area contributed by atoms with Crippen LogP contribution in [0.3, 0.4) is 0 Å². The first-order valence-corrected chi connectivity index (χ1v) is 9.67. The standard InChI is InChI=1S/C17H17ClN2O4S/c1-12(21)20-8-9-24-17-7-6-14(10-16(17)20)19-25(22,23)11-13-4-2-3-5-15(13)18/h2-7,10,19H,8-9,11H2,1H3. The van der Waals surface area contributed by atoms with Gasteiger partial charge in [-0.2, -0.15) is 0 Å².